The molecule has 7 nitrogen and oxygen atoms in total. The lowest BCUT2D eigenvalue weighted by Crippen LogP contribution is -2.33. The van der Waals surface area contributed by atoms with Crippen LogP contribution in [0.5, 0.6) is 0 Å². The third-order valence-electron chi connectivity index (χ3n) is 5.43. The van der Waals surface area contributed by atoms with E-state index in [0.717, 1.165) is 29.9 Å². The summed E-state index contributed by atoms with van der Waals surface area (Å²) in [7, 11) is 0. The van der Waals surface area contributed by atoms with Crippen molar-refractivity contribution in [3.63, 3.8) is 0 Å². The molecule has 138 valence electrons. The summed E-state index contributed by atoms with van der Waals surface area (Å²) in [5.41, 5.74) is 17.8. The van der Waals surface area contributed by atoms with E-state index in [0.29, 0.717) is 5.92 Å². The summed E-state index contributed by atoms with van der Waals surface area (Å²) < 4.78 is 2.21. The summed E-state index contributed by atoms with van der Waals surface area (Å²) >= 11 is 0. The molecule has 3 aromatic rings. The van der Waals surface area contributed by atoms with Gasteiger partial charge in [-0.1, -0.05) is 24.3 Å². The van der Waals surface area contributed by atoms with E-state index in [1.165, 1.54) is 24.0 Å². The fraction of sp³-hybridized carbons (Fsp3) is 0.300. The molecule has 2 aromatic heterocycles. The number of hydrogen-bond acceptors (Lipinski definition) is 6. The molecule has 1 fully saturated rings. The number of nitrogens with zero attached hydrogens (tertiary/aromatic N) is 3. The van der Waals surface area contributed by atoms with Crippen molar-refractivity contribution in [1.29, 1.82) is 0 Å². The van der Waals surface area contributed by atoms with Gasteiger partial charge in [-0.2, -0.15) is 11.1 Å². The van der Waals surface area contributed by atoms with Crippen molar-refractivity contribution < 1.29 is 0 Å². The van der Waals surface area contributed by atoms with Gasteiger partial charge in [-0.3, -0.25) is 4.98 Å². The molecule has 1 aliphatic heterocycles. The maximum atomic E-state index is 4.59. The first-order chi connectivity index (χ1) is 13.3. The average molecular weight is 361 g/mol. The minimum Gasteiger partial charge on any atom is -0.336 e. The Morgan fingerprint density at radius 2 is 1.85 bits per heavy atom. The van der Waals surface area contributed by atoms with Crippen LogP contribution in [0, 0.1) is 5.92 Å². The van der Waals surface area contributed by atoms with E-state index in [9.17, 15) is 0 Å². The summed E-state index contributed by atoms with van der Waals surface area (Å²) in [5, 5.41) is 0. The van der Waals surface area contributed by atoms with Gasteiger partial charge in [0.25, 0.3) is 0 Å². The average Bonchev–Trinajstić information content (AvgIpc) is 3.40. The largest absolute Gasteiger partial charge is 0.336 e. The number of rotatable bonds is 4. The summed E-state index contributed by atoms with van der Waals surface area (Å²) in [6, 6.07) is 12.9. The molecule has 1 atom stereocenters. The number of benzene rings is 1. The van der Waals surface area contributed by atoms with Crippen LogP contribution in [0.3, 0.4) is 0 Å². The minimum atomic E-state index is -0.00357. The first-order valence-electron chi connectivity index (χ1n) is 9.41. The molecule has 1 unspecified atom stereocenters. The smallest absolute Gasteiger partial charge is 0.111 e. The highest BCUT2D eigenvalue weighted by atomic mass is 15.8. The van der Waals surface area contributed by atoms with Crippen LogP contribution in [-0.2, 0) is 19.4 Å². The Kier molecular flexibility index (Phi) is 4.43. The van der Waals surface area contributed by atoms with Crippen LogP contribution in [0.1, 0.15) is 29.3 Å². The molecular weight excluding hydrogens is 338 g/mol. The fourth-order valence-corrected chi connectivity index (χ4v) is 4.01. The molecule has 0 radical (unpaired) electrons. The molecule has 1 saturated heterocycles. The van der Waals surface area contributed by atoms with Gasteiger partial charge in [-0.15, -0.1) is 0 Å². The standard InChI is InChI=1S/C20H23N7/c1-2-4-16-9-14(5-6-15(16)3-1)11-27-12-19(22-13-27)18-10-17(7-8-21-18)20-23-25-26-24-20/h1-4,7-8,10,12-14,20,23-26H,5-6,9,11H2. The van der Waals surface area contributed by atoms with Crippen LogP contribution in [0.15, 0.2) is 55.1 Å². The van der Waals surface area contributed by atoms with Crippen molar-refractivity contribution in [1.82, 2.24) is 36.5 Å². The first kappa shape index (κ1) is 16.6. The molecule has 7 heteroatoms. The number of hydrogen-bond donors (Lipinski definition) is 4. The van der Waals surface area contributed by atoms with Crippen LogP contribution in [-0.4, -0.2) is 14.5 Å². The minimum absolute atomic E-state index is 0.00357. The van der Waals surface area contributed by atoms with E-state index in [1.807, 2.05) is 18.6 Å². The van der Waals surface area contributed by atoms with Crippen molar-refractivity contribution in [2.45, 2.75) is 32.0 Å². The highest BCUT2D eigenvalue weighted by molar-refractivity contribution is 5.54. The van der Waals surface area contributed by atoms with E-state index in [1.54, 1.807) is 0 Å². The van der Waals surface area contributed by atoms with Crippen molar-refractivity contribution >= 4 is 0 Å². The Morgan fingerprint density at radius 1 is 1.00 bits per heavy atom. The van der Waals surface area contributed by atoms with Gasteiger partial charge in [0.15, 0.2) is 0 Å². The Labute approximate surface area is 158 Å². The molecule has 0 bridgehead atoms. The van der Waals surface area contributed by atoms with Gasteiger partial charge >= 0.3 is 0 Å². The van der Waals surface area contributed by atoms with Gasteiger partial charge in [-0.25, -0.2) is 15.8 Å². The van der Waals surface area contributed by atoms with Gasteiger partial charge in [0.2, 0.25) is 0 Å². The van der Waals surface area contributed by atoms with E-state index >= 15 is 0 Å². The van der Waals surface area contributed by atoms with Gasteiger partial charge in [0, 0.05) is 18.9 Å². The van der Waals surface area contributed by atoms with E-state index in [-0.39, 0.29) is 6.17 Å². The van der Waals surface area contributed by atoms with Crippen LogP contribution in [0.25, 0.3) is 11.4 Å². The molecule has 1 aromatic carbocycles. The Balaban J connectivity index is 1.30. The SMILES string of the molecule is c1ccc2c(c1)CCC(Cn1cnc(-c3cc(C4NNNN4)ccn3)c1)C2. The molecular formula is C20H23N7. The molecule has 4 N–H and O–H groups in total. The Bertz CT molecular complexity index is 929. The lowest BCUT2D eigenvalue weighted by Gasteiger charge is -2.24. The van der Waals surface area contributed by atoms with Crippen molar-refractivity contribution in [2.24, 2.45) is 5.92 Å². The summed E-state index contributed by atoms with van der Waals surface area (Å²) in [4.78, 5) is 9.09. The van der Waals surface area contributed by atoms with E-state index in [4.69, 9.17) is 0 Å². The number of pyridine rings is 1. The number of nitrogens with one attached hydrogen (secondary N) is 4. The Morgan fingerprint density at radius 3 is 2.74 bits per heavy atom. The second-order valence-corrected chi connectivity index (χ2v) is 7.28. The summed E-state index contributed by atoms with van der Waals surface area (Å²) in [5.74, 6) is 0.658. The zero-order valence-corrected chi connectivity index (χ0v) is 15.0. The molecule has 27 heavy (non-hydrogen) atoms. The van der Waals surface area contributed by atoms with Gasteiger partial charge < -0.3 is 4.57 Å². The van der Waals surface area contributed by atoms with Crippen LogP contribution >= 0.6 is 0 Å². The highest BCUT2D eigenvalue weighted by Crippen LogP contribution is 2.27. The number of fused-ring (bicyclic) bond motifs is 1. The highest BCUT2D eigenvalue weighted by Gasteiger charge is 2.19. The molecule has 1 aliphatic carbocycles. The predicted octanol–water partition coefficient (Wildman–Crippen LogP) is 1.87. The normalized spacial score (nSPS) is 19.9. The first-order valence-corrected chi connectivity index (χ1v) is 9.41. The number of aryl methyl sites for hydroxylation is 1. The quantitative estimate of drug-likeness (QED) is 0.568. The van der Waals surface area contributed by atoms with Crippen molar-refractivity contribution in [3.05, 3.63) is 71.8 Å². The van der Waals surface area contributed by atoms with Crippen molar-refractivity contribution in [3.8, 4) is 11.4 Å². The van der Waals surface area contributed by atoms with Crippen LogP contribution in [0.4, 0.5) is 0 Å². The zero-order chi connectivity index (χ0) is 18.1. The molecule has 0 amide bonds. The monoisotopic (exact) mass is 361 g/mol. The van der Waals surface area contributed by atoms with Crippen LogP contribution < -0.4 is 21.9 Å². The second-order valence-electron chi connectivity index (χ2n) is 7.28. The van der Waals surface area contributed by atoms with Crippen LogP contribution in [0.2, 0.25) is 0 Å². The molecule has 0 spiro atoms. The van der Waals surface area contributed by atoms with Gasteiger partial charge in [0.1, 0.15) is 11.9 Å². The lowest BCUT2D eigenvalue weighted by atomic mass is 9.84. The van der Waals surface area contributed by atoms with Crippen molar-refractivity contribution in [2.75, 3.05) is 0 Å². The summed E-state index contributed by atoms with van der Waals surface area (Å²) in [6.45, 7) is 1.00. The topological polar surface area (TPSA) is 78.8 Å². The zero-order valence-electron chi connectivity index (χ0n) is 15.0. The molecule has 5 rings (SSSR count). The summed E-state index contributed by atoms with van der Waals surface area (Å²) in [6.07, 6.45) is 9.42. The predicted molar refractivity (Wildman–Crippen MR) is 103 cm³/mol. The maximum absolute atomic E-state index is 4.59. The molecule has 2 aliphatic rings. The maximum Gasteiger partial charge on any atom is 0.111 e. The Hall–Kier alpha value is -2.58. The third kappa shape index (κ3) is 3.50. The lowest BCUT2D eigenvalue weighted by molar-refractivity contribution is 0.395. The van der Waals surface area contributed by atoms with E-state index < -0.39 is 0 Å². The molecule has 0 saturated carbocycles. The van der Waals surface area contributed by atoms with Gasteiger partial charge in [-0.05, 0) is 54.0 Å². The van der Waals surface area contributed by atoms with E-state index in [2.05, 4.69) is 73.0 Å². The second kappa shape index (κ2) is 7.21. The third-order valence-corrected chi connectivity index (χ3v) is 5.43. The fourth-order valence-electron chi connectivity index (χ4n) is 4.01. The van der Waals surface area contributed by atoms with Gasteiger partial charge in [0.05, 0.1) is 12.0 Å². The number of imidazole rings is 1. The number of hydrazine groups is 3. The number of aromatic nitrogens is 3. The molecule has 3 heterocycles.